The van der Waals surface area contributed by atoms with Gasteiger partial charge in [0, 0.05) is 64.5 Å². The summed E-state index contributed by atoms with van der Waals surface area (Å²) in [6.45, 7) is 26.5. The van der Waals surface area contributed by atoms with E-state index in [-0.39, 0.29) is 50.7 Å². The molecule has 0 saturated carbocycles. The number of methoxy groups -OCH3 is 1. The molecule has 418 valence electrons. The van der Waals surface area contributed by atoms with Crippen LogP contribution in [-0.4, -0.2) is 198 Å². The maximum atomic E-state index is 11.0. The largest absolute Gasteiger partial charge is 0.450 e. The molecule has 15 nitrogen and oxygen atoms in total. The summed E-state index contributed by atoms with van der Waals surface area (Å²) >= 11 is 0. The van der Waals surface area contributed by atoms with Crippen molar-refractivity contribution in [2.24, 2.45) is 23.3 Å². The molecular formula is C53H128N12O3. The smallest absolute Gasteiger partial charge is 0.407 e. The van der Waals surface area contributed by atoms with Crippen LogP contribution in [0.4, 0.5) is 4.79 Å². The van der Waals surface area contributed by atoms with E-state index in [0.29, 0.717) is 25.3 Å². The summed E-state index contributed by atoms with van der Waals surface area (Å²) < 4.78 is 9.94. The Morgan fingerprint density at radius 2 is 0.853 bits per heavy atom. The van der Waals surface area contributed by atoms with Gasteiger partial charge in [-0.1, -0.05) is 71.2 Å². The summed E-state index contributed by atoms with van der Waals surface area (Å²) in [6.07, 6.45) is 18.4. The molecule has 0 bridgehead atoms. The van der Waals surface area contributed by atoms with Crippen LogP contribution in [0.25, 0.3) is 0 Å². The molecule has 0 spiro atoms. The number of rotatable bonds is 14. The number of piperidine rings is 6. The van der Waals surface area contributed by atoms with Gasteiger partial charge in [-0.2, -0.15) is 0 Å². The molecule has 6 heterocycles. The average molecular weight is 982 g/mol. The Bertz CT molecular complexity index is 882. The van der Waals surface area contributed by atoms with Crippen molar-refractivity contribution in [3.05, 3.63) is 0 Å². The number of carbonyl (C=O) groups is 1. The van der Waals surface area contributed by atoms with Gasteiger partial charge in [0.1, 0.15) is 0 Å². The van der Waals surface area contributed by atoms with E-state index in [4.69, 9.17) is 20.9 Å². The number of amides is 1. The third-order valence-corrected chi connectivity index (χ3v) is 13.5. The Hall–Kier alpha value is -1.21. The fourth-order valence-corrected chi connectivity index (χ4v) is 8.80. The molecule has 0 unspecified atom stereocenters. The van der Waals surface area contributed by atoms with E-state index >= 15 is 0 Å². The van der Waals surface area contributed by atoms with Crippen molar-refractivity contribution in [2.45, 2.75) is 179 Å². The zero-order valence-corrected chi connectivity index (χ0v) is 41.5. The zero-order valence-electron chi connectivity index (χ0n) is 41.5. The lowest BCUT2D eigenvalue weighted by molar-refractivity contribution is 0.0765. The van der Waals surface area contributed by atoms with Crippen molar-refractivity contribution < 1.29 is 14.3 Å². The van der Waals surface area contributed by atoms with E-state index in [9.17, 15) is 4.79 Å². The molecule has 0 atom stereocenters. The molecule has 1 amide bonds. The van der Waals surface area contributed by atoms with E-state index < -0.39 is 0 Å². The molecule has 0 radical (unpaired) electrons. The third kappa shape index (κ3) is 41.4. The Morgan fingerprint density at radius 3 is 1.16 bits per heavy atom. The number of nitrogens with zero attached hydrogens (tertiary/aromatic N) is 3. The van der Waals surface area contributed by atoms with Gasteiger partial charge in [-0.3, -0.25) is 0 Å². The van der Waals surface area contributed by atoms with Gasteiger partial charge in [0.15, 0.2) is 0 Å². The van der Waals surface area contributed by atoms with Crippen LogP contribution in [0.3, 0.4) is 0 Å². The molecule has 0 aromatic rings. The van der Waals surface area contributed by atoms with Gasteiger partial charge in [0.05, 0.1) is 12.7 Å². The van der Waals surface area contributed by atoms with Crippen LogP contribution >= 0.6 is 0 Å². The summed E-state index contributed by atoms with van der Waals surface area (Å²) in [5.74, 6) is 2.01. The molecule has 6 rings (SSSR count). The normalized spacial score (nSPS) is 19.9. The predicted molar refractivity (Wildman–Crippen MR) is 304 cm³/mol. The van der Waals surface area contributed by atoms with Gasteiger partial charge < -0.3 is 72.9 Å². The number of hydrogen-bond acceptors (Lipinski definition) is 14. The predicted octanol–water partition coefficient (Wildman–Crippen LogP) is 6.67. The number of ether oxygens (including phenoxy) is 2. The molecule has 6 aliphatic heterocycles. The molecule has 6 fully saturated rings. The number of carbonyl (C=O) groups excluding carboxylic acids is 1. The SMILES string of the molecule is C.C.C.C.C.C.CCC1CCN(CCN)CC1.CCC1CCNCC1.CCOC(=O)NCCN1CCC(NC)CC1.CNC1CCN(CCN)CC1.CNC1CCNCC1.COC1CCNCC1. The summed E-state index contributed by atoms with van der Waals surface area (Å²) in [5, 5.41) is 22.5. The van der Waals surface area contributed by atoms with Crippen LogP contribution < -0.4 is 48.7 Å². The van der Waals surface area contributed by atoms with Crippen molar-refractivity contribution >= 4 is 6.09 Å². The molecule has 11 N–H and O–H groups in total. The lowest BCUT2D eigenvalue weighted by atomic mass is 9.94. The number of likely N-dealkylation sites (tertiary alicyclic amines) is 3. The number of nitrogens with two attached hydrogens (primary N) is 2. The van der Waals surface area contributed by atoms with E-state index in [1.807, 2.05) is 28.1 Å². The van der Waals surface area contributed by atoms with Crippen LogP contribution in [-0.2, 0) is 9.47 Å². The minimum absolute atomic E-state index is 0. The van der Waals surface area contributed by atoms with Crippen LogP contribution in [0.1, 0.15) is 155 Å². The van der Waals surface area contributed by atoms with Crippen LogP contribution in [0, 0.1) is 11.8 Å². The highest BCUT2D eigenvalue weighted by molar-refractivity contribution is 5.66. The van der Waals surface area contributed by atoms with E-state index in [1.165, 1.54) is 142 Å². The maximum Gasteiger partial charge on any atom is 0.407 e. The maximum absolute atomic E-state index is 11.0. The summed E-state index contributed by atoms with van der Waals surface area (Å²) in [5.41, 5.74) is 11.0. The molecule has 0 aromatic heterocycles. The van der Waals surface area contributed by atoms with Gasteiger partial charge in [0.25, 0.3) is 0 Å². The molecule has 6 aliphatic rings. The van der Waals surface area contributed by atoms with E-state index in [0.717, 1.165) is 82.8 Å². The first-order valence-electron chi connectivity index (χ1n) is 25.4. The second kappa shape index (κ2) is 55.1. The fraction of sp³-hybridized carbons (Fsp3) is 0.981. The van der Waals surface area contributed by atoms with Crippen molar-refractivity contribution in [1.82, 2.24) is 51.9 Å². The van der Waals surface area contributed by atoms with Gasteiger partial charge >= 0.3 is 6.09 Å². The summed E-state index contributed by atoms with van der Waals surface area (Å²) in [6, 6.07) is 2.18. The first kappa shape index (κ1) is 78.2. The summed E-state index contributed by atoms with van der Waals surface area (Å²) in [7, 11) is 7.89. The van der Waals surface area contributed by atoms with Crippen molar-refractivity contribution in [3.8, 4) is 0 Å². The lowest BCUT2D eigenvalue weighted by Gasteiger charge is -2.31. The topological polar surface area (TPSA) is 182 Å². The Labute approximate surface area is 426 Å². The zero-order chi connectivity index (χ0) is 45.5. The van der Waals surface area contributed by atoms with Crippen LogP contribution in [0.5, 0.6) is 0 Å². The standard InChI is InChI=1S/C11H23N3O2.C9H20N2.C8H19N3.C7H15N.C6H14N2.C6H13NO.6CH4/c1-3-16-11(15)13-6-9-14-7-4-10(12-2)5-8-14;1-2-9-3-6-11(7-4-9)8-5-10;1-10-8-2-5-11(6-3-8)7-4-9;1-2-7-3-5-8-6-4-7;1-7-6-2-4-8-5-3-6;1-8-6-2-4-7-5-3-6;;;;;;/h10,12H,3-9H2,1-2H3,(H,13,15);9H,2-8,10H2,1H3;8,10H,2-7,9H2,1H3;7-8H,2-6H2,1H3;6-8H,2-5H2,1H3;6-7H,2-5H2,1H3;6*1H4. The first-order chi connectivity index (χ1) is 30.3. The van der Waals surface area contributed by atoms with E-state index in [1.54, 1.807) is 7.11 Å². The van der Waals surface area contributed by atoms with Crippen molar-refractivity contribution in [1.29, 1.82) is 0 Å². The van der Waals surface area contributed by atoms with E-state index in [2.05, 4.69) is 65.8 Å². The van der Waals surface area contributed by atoms with Gasteiger partial charge in [-0.15, -0.1) is 0 Å². The minimum Gasteiger partial charge on any atom is -0.450 e. The minimum atomic E-state index is -0.312. The first-order valence-corrected chi connectivity index (χ1v) is 25.4. The molecule has 15 heteroatoms. The Balaban J connectivity index is -0.000000170. The van der Waals surface area contributed by atoms with Gasteiger partial charge in [-0.05, 0) is 195 Å². The second-order valence-corrected chi connectivity index (χ2v) is 17.8. The highest BCUT2D eigenvalue weighted by Crippen LogP contribution is 2.19. The van der Waals surface area contributed by atoms with Gasteiger partial charge in [0.2, 0.25) is 0 Å². The van der Waals surface area contributed by atoms with Gasteiger partial charge in [-0.25, -0.2) is 4.79 Å². The Morgan fingerprint density at radius 1 is 0.515 bits per heavy atom. The summed E-state index contributed by atoms with van der Waals surface area (Å²) in [4.78, 5) is 18.3. The Kier molecular flexibility index (Phi) is 63.4. The molecule has 0 aromatic carbocycles. The number of alkyl carbamates (subject to hydrolysis) is 1. The van der Waals surface area contributed by atoms with Crippen molar-refractivity contribution in [2.75, 3.05) is 153 Å². The third-order valence-electron chi connectivity index (χ3n) is 13.5. The quantitative estimate of drug-likeness (QED) is 0.0901. The highest BCUT2D eigenvalue weighted by atomic mass is 16.5. The number of hydrogen-bond donors (Lipinski definition) is 9. The molecule has 6 saturated heterocycles. The highest BCUT2D eigenvalue weighted by Gasteiger charge is 2.19. The lowest BCUT2D eigenvalue weighted by Crippen LogP contribution is -2.44. The van der Waals surface area contributed by atoms with Crippen LogP contribution in [0.2, 0.25) is 0 Å². The molecule has 0 aliphatic carbocycles. The number of nitrogens with one attached hydrogen (secondary N) is 7. The fourth-order valence-electron chi connectivity index (χ4n) is 8.80. The molecule has 68 heavy (non-hydrogen) atoms. The second-order valence-electron chi connectivity index (χ2n) is 17.8. The average Bonchev–Trinajstić information content (AvgIpc) is 3.34. The van der Waals surface area contributed by atoms with Crippen molar-refractivity contribution in [3.63, 3.8) is 0 Å². The molecular weight excluding hydrogens is 853 g/mol. The van der Waals surface area contributed by atoms with Crippen LogP contribution in [0.15, 0.2) is 0 Å². The monoisotopic (exact) mass is 981 g/mol.